The molecule has 2 aromatic heterocycles. The van der Waals surface area contributed by atoms with Gasteiger partial charge in [0.15, 0.2) is 0 Å². The number of nitrogens with two attached hydrogens (primary N) is 1. The lowest BCUT2D eigenvalue weighted by molar-refractivity contribution is -0.121. The molecule has 110 valence electrons. The van der Waals surface area contributed by atoms with Crippen LogP contribution in [-0.4, -0.2) is 29.1 Å². The summed E-state index contributed by atoms with van der Waals surface area (Å²) < 4.78 is 6.09. The predicted molar refractivity (Wildman–Crippen MR) is 82.9 cm³/mol. The molecule has 9 heteroatoms. The Morgan fingerprint density at radius 1 is 1.55 bits per heavy atom. The maximum atomic E-state index is 11.4. The number of carbonyl (C=O) groups is 1. The van der Waals surface area contributed by atoms with Crippen LogP contribution >= 0.6 is 39.7 Å². The molecule has 6 nitrogen and oxygen atoms in total. The molecule has 2 heterocycles. The molecule has 0 saturated heterocycles. The highest BCUT2D eigenvalue weighted by Gasteiger charge is 2.11. The quantitative estimate of drug-likeness (QED) is 0.798. The Hall–Kier alpha value is -0.960. The van der Waals surface area contributed by atoms with Crippen LogP contribution < -0.4 is 11.1 Å². The zero-order chi connectivity index (χ0) is 13.7. The first-order valence-electron chi connectivity index (χ1n) is 5.73. The smallest absolute Gasteiger partial charge is 0.227 e. The Labute approximate surface area is 134 Å². The number of amides is 1. The van der Waals surface area contributed by atoms with Crippen LogP contribution in [0.4, 0.5) is 0 Å². The van der Waals surface area contributed by atoms with Crippen LogP contribution in [0.3, 0.4) is 0 Å². The topological polar surface area (TPSA) is 94.0 Å². The number of thiophene rings is 1. The highest BCUT2D eigenvalue weighted by Crippen LogP contribution is 2.27. The highest BCUT2D eigenvalue weighted by atomic mass is 79.9. The summed E-state index contributed by atoms with van der Waals surface area (Å²) in [5, 5.41) is 8.53. The third kappa shape index (κ3) is 4.86. The van der Waals surface area contributed by atoms with Gasteiger partial charge in [-0.05, 0) is 22.0 Å². The van der Waals surface area contributed by atoms with Gasteiger partial charge in [-0.2, -0.15) is 4.98 Å². The summed E-state index contributed by atoms with van der Waals surface area (Å²) in [4.78, 5) is 16.6. The maximum absolute atomic E-state index is 11.4. The summed E-state index contributed by atoms with van der Waals surface area (Å²) in [6, 6.07) is 1.92. The summed E-state index contributed by atoms with van der Waals surface area (Å²) in [6.45, 7) is 0.918. The van der Waals surface area contributed by atoms with Gasteiger partial charge in [-0.25, -0.2) is 0 Å². The molecule has 1 amide bonds. The van der Waals surface area contributed by atoms with E-state index in [2.05, 4.69) is 31.4 Å². The van der Waals surface area contributed by atoms with Crippen LogP contribution in [0.25, 0.3) is 10.7 Å². The van der Waals surface area contributed by atoms with E-state index in [0.717, 1.165) is 9.35 Å². The van der Waals surface area contributed by atoms with E-state index in [4.69, 9.17) is 10.3 Å². The van der Waals surface area contributed by atoms with Gasteiger partial charge in [-0.15, -0.1) is 23.7 Å². The lowest BCUT2D eigenvalue weighted by Crippen LogP contribution is -2.29. The molecule has 3 N–H and O–H groups in total. The third-order valence-electron chi connectivity index (χ3n) is 2.29. The summed E-state index contributed by atoms with van der Waals surface area (Å²) in [7, 11) is 0. The molecule has 0 radical (unpaired) electrons. The van der Waals surface area contributed by atoms with Crippen molar-refractivity contribution in [1.82, 2.24) is 15.5 Å². The summed E-state index contributed by atoms with van der Waals surface area (Å²) in [6.07, 6.45) is 0.742. The molecular weight excluding hydrogens is 368 g/mol. The molecule has 0 aliphatic heterocycles. The Morgan fingerprint density at radius 2 is 2.35 bits per heavy atom. The Morgan fingerprint density at radius 3 is 3.00 bits per heavy atom. The molecule has 0 aliphatic carbocycles. The van der Waals surface area contributed by atoms with Crippen LogP contribution in [0.15, 0.2) is 20.4 Å². The minimum absolute atomic E-state index is 0. The molecule has 0 saturated carbocycles. The Bertz CT molecular complexity index is 560. The van der Waals surface area contributed by atoms with Crippen molar-refractivity contribution in [2.75, 3.05) is 13.1 Å². The molecule has 0 bridgehead atoms. The number of rotatable bonds is 6. The van der Waals surface area contributed by atoms with Crippen molar-refractivity contribution in [3.8, 4) is 10.7 Å². The fourth-order valence-corrected chi connectivity index (χ4v) is 2.76. The van der Waals surface area contributed by atoms with Crippen LogP contribution in [0, 0.1) is 0 Å². The van der Waals surface area contributed by atoms with Crippen molar-refractivity contribution < 1.29 is 9.32 Å². The molecule has 2 aromatic rings. The van der Waals surface area contributed by atoms with Crippen LogP contribution in [0.1, 0.15) is 12.3 Å². The average Bonchev–Trinajstić information content (AvgIpc) is 3.02. The normalized spacial score (nSPS) is 10.1. The second-order valence-corrected chi connectivity index (χ2v) is 5.61. The molecule has 0 unspecified atom stereocenters. The minimum Gasteiger partial charge on any atom is -0.355 e. The molecular formula is C11H14BrClN4O2S. The predicted octanol–water partition coefficient (Wildman–Crippen LogP) is 1.99. The van der Waals surface area contributed by atoms with Gasteiger partial charge in [-0.3, -0.25) is 4.79 Å². The van der Waals surface area contributed by atoms with Gasteiger partial charge in [0.1, 0.15) is 0 Å². The highest BCUT2D eigenvalue weighted by molar-refractivity contribution is 9.10. The van der Waals surface area contributed by atoms with Crippen molar-refractivity contribution in [2.45, 2.75) is 12.8 Å². The summed E-state index contributed by atoms with van der Waals surface area (Å²) in [5.41, 5.74) is 5.30. The number of halogens is 2. The number of hydrogen-bond donors (Lipinski definition) is 2. The first-order valence-corrected chi connectivity index (χ1v) is 7.40. The zero-order valence-corrected chi connectivity index (χ0v) is 13.7. The molecule has 0 fully saturated rings. The van der Waals surface area contributed by atoms with E-state index in [1.54, 1.807) is 0 Å². The number of nitrogens with zero attached hydrogens (tertiary/aromatic N) is 2. The van der Waals surface area contributed by atoms with Gasteiger partial charge in [0.25, 0.3) is 0 Å². The first-order chi connectivity index (χ1) is 9.19. The number of aromatic nitrogens is 2. The van der Waals surface area contributed by atoms with E-state index in [1.165, 1.54) is 11.3 Å². The lowest BCUT2D eigenvalue weighted by Gasteiger charge is -2.00. The zero-order valence-electron chi connectivity index (χ0n) is 10.5. The molecule has 0 aromatic carbocycles. The maximum Gasteiger partial charge on any atom is 0.227 e. The second kappa shape index (κ2) is 8.35. The number of carbonyl (C=O) groups excluding carboxylic acids is 1. The van der Waals surface area contributed by atoms with Crippen molar-refractivity contribution in [3.63, 3.8) is 0 Å². The average molecular weight is 382 g/mol. The largest absolute Gasteiger partial charge is 0.355 e. The summed E-state index contributed by atoms with van der Waals surface area (Å²) in [5.74, 6) is 0.944. The second-order valence-electron chi connectivity index (χ2n) is 3.78. The molecule has 0 aliphatic rings. The molecule has 2 rings (SSSR count). The van der Waals surface area contributed by atoms with E-state index in [1.807, 2.05) is 11.4 Å². The van der Waals surface area contributed by atoms with Crippen LogP contribution in [0.2, 0.25) is 0 Å². The van der Waals surface area contributed by atoms with E-state index >= 15 is 0 Å². The van der Waals surface area contributed by atoms with Gasteiger partial charge in [-0.1, -0.05) is 5.16 Å². The van der Waals surface area contributed by atoms with E-state index < -0.39 is 0 Å². The van der Waals surface area contributed by atoms with Gasteiger partial charge >= 0.3 is 0 Å². The van der Waals surface area contributed by atoms with Gasteiger partial charge in [0, 0.05) is 35.8 Å². The first kappa shape index (κ1) is 17.1. The molecule has 0 spiro atoms. The third-order valence-corrected chi connectivity index (χ3v) is 3.98. The van der Waals surface area contributed by atoms with Crippen molar-refractivity contribution in [3.05, 3.63) is 21.8 Å². The fourth-order valence-electron chi connectivity index (χ4n) is 1.41. The fraction of sp³-hybridized carbons (Fsp3) is 0.364. The SMILES string of the molecule is Cl.NCCNC(=O)CCc1nc(-c2cc(Br)cs2)no1. The number of nitrogens with one attached hydrogen (secondary N) is 1. The molecule has 0 atom stereocenters. The van der Waals surface area contributed by atoms with Crippen molar-refractivity contribution >= 4 is 45.6 Å². The van der Waals surface area contributed by atoms with E-state index in [0.29, 0.717) is 37.6 Å². The van der Waals surface area contributed by atoms with Gasteiger partial charge in [0.2, 0.25) is 17.6 Å². The number of hydrogen-bond acceptors (Lipinski definition) is 6. The van der Waals surface area contributed by atoms with Crippen LogP contribution in [0.5, 0.6) is 0 Å². The molecule has 20 heavy (non-hydrogen) atoms. The monoisotopic (exact) mass is 380 g/mol. The van der Waals surface area contributed by atoms with Crippen molar-refractivity contribution in [1.29, 1.82) is 0 Å². The Balaban J connectivity index is 0.00000200. The van der Waals surface area contributed by atoms with Gasteiger partial charge in [0.05, 0.1) is 4.88 Å². The van der Waals surface area contributed by atoms with Crippen molar-refractivity contribution in [2.24, 2.45) is 5.73 Å². The van der Waals surface area contributed by atoms with E-state index in [-0.39, 0.29) is 18.3 Å². The van der Waals surface area contributed by atoms with Crippen LogP contribution in [-0.2, 0) is 11.2 Å². The standard InChI is InChI=1S/C11H13BrN4O2S.ClH/c12-7-5-8(19-6-7)11-15-10(18-16-11)2-1-9(17)14-4-3-13;/h5-6H,1-4,13H2,(H,14,17);1H. The number of aryl methyl sites for hydroxylation is 1. The lowest BCUT2D eigenvalue weighted by atomic mass is 10.3. The summed E-state index contributed by atoms with van der Waals surface area (Å²) >= 11 is 4.90. The van der Waals surface area contributed by atoms with E-state index in [9.17, 15) is 4.79 Å². The Kier molecular flexibility index (Phi) is 7.14. The van der Waals surface area contributed by atoms with Gasteiger partial charge < -0.3 is 15.6 Å². The minimum atomic E-state index is -0.0657.